The first-order chi connectivity index (χ1) is 19.1. The molecule has 0 radical (unpaired) electrons. The Hall–Kier alpha value is -2.80. The van der Waals surface area contributed by atoms with Crippen molar-refractivity contribution in [1.29, 1.82) is 0 Å². The van der Waals surface area contributed by atoms with Crippen LogP contribution in [0.4, 0.5) is 0 Å². The summed E-state index contributed by atoms with van der Waals surface area (Å²) in [5.74, 6) is -2.51. The van der Waals surface area contributed by atoms with Gasteiger partial charge >= 0.3 is 0 Å². The van der Waals surface area contributed by atoms with Crippen molar-refractivity contribution in [3.8, 4) is 0 Å². The van der Waals surface area contributed by atoms with Gasteiger partial charge in [0.15, 0.2) is 9.84 Å². The number of nitrogens with one attached hydrogen (secondary N) is 1. The van der Waals surface area contributed by atoms with E-state index in [9.17, 15) is 26.4 Å². The zero-order valence-corrected chi connectivity index (χ0v) is 24.1. The molecule has 2 aliphatic rings. The van der Waals surface area contributed by atoms with E-state index in [1.807, 2.05) is 0 Å². The van der Waals surface area contributed by atoms with Crippen LogP contribution in [0.15, 0.2) is 65.6 Å². The first kappa shape index (κ1) is 30.2. The van der Waals surface area contributed by atoms with Crippen LogP contribution in [0, 0.1) is 5.92 Å². The quantitative estimate of drug-likeness (QED) is 0.446. The lowest BCUT2D eigenvalue weighted by atomic mass is 10.0. The lowest BCUT2D eigenvalue weighted by Gasteiger charge is -2.29. The summed E-state index contributed by atoms with van der Waals surface area (Å²) in [6.45, 7) is 2.16. The molecule has 2 fully saturated rings. The minimum Gasteiger partial charge on any atom is -0.378 e. The van der Waals surface area contributed by atoms with E-state index in [4.69, 9.17) is 4.74 Å². The largest absolute Gasteiger partial charge is 0.378 e. The van der Waals surface area contributed by atoms with Crippen molar-refractivity contribution in [3.05, 3.63) is 66.2 Å². The third-order valence-electron chi connectivity index (χ3n) is 7.25. The molecule has 2 atom stereocenters. The summed E-state index contributed by atoms with van der Waals surface area (Å²) in [5.41, 5.74) is 0.615. The van der Waals surface area contributed by atoms with E-state index >= 15 is 0 Å². The van der Waals surface area contributed by atoms with E-state index in [0.29, 0.717) is 57.7 Å². The van der Waals surface area contributed by atoms with Crippen LogP contribution in [-0.2, 0) is 39.9 Å². The molecule has 2 amide bonds. The summed E-state index contributed by atoms with van der Waals surface area (Å²) >= 11 is 0. The molecule has 0 bridgehead atoms. The Kier molecular flexibility index (Phi) is 10.3. The Morgan fingerprint density at radius 1 is 0.875 bits per heavy atom. The van der Waals surface area contributed by atoms with Gasteiger partial charge in [-0.1, -0.05) is 48.5 Å². The van der Waals surface area contributed by atoms with Crippen LogP contribution in [-0.4, -0.2) is 89.0 Å². The highest BCUT2D eigenvalue weighted by molar-refractivity contribution is 7.90. The highest BCUT2D eigenvalue weighted by Crippen LogP contribution is 2.22. The van der Waals surface area contributed by atoms with Gasteiger partial charge in [-0.3, -0.25) is 9.59 Å². The molecule has 2 saturated heterocycles. The summed E-state index contributed by atoms with van der Waals surface area (Å²) in [6.07, 6.45) is 1.26. The minimum absolute atomic E-state index is 0.221. The van der Waals surface area contributed by atoms with Crippen LogP contribution in [0.5, 0.6) is 0 Å². The van der Waals surface area contributed by atoms with Gasteiger partial charge < -0.3 is 15.0 Å². The van der Waals surface area contributed by atoms with Crippen LogP contribution < -0.4 is 5.32 Å². The molecule has 2 aliphatic heterocycles. The highest BCUT2D eigenvalue weighted by Gasteiger charge is 2.33. The van der Waals surface area contributed by atoms with Crippen molar-refractivity contribution in [2.45, 2.75) is 42.4 Å². The van der Waals surface area contributed by atoms with Crippen molar-refractivity contribution < 1.29 is 31.2 Å². The van der Waals surface area contributed by atoms with Crippen molar-refractivity contribution in [2.24, 2.45) is 5.92 Å². The summed E-state index contributed by atoms with van der Waals surface area (Å²) in [4.78, 5) is 28.3. The van der Waals surface area contributed by atoms with Crippen LogP contribution in [0.2, 0.25) is 0 Å². The molecule has 40 heavy (non-hydrogen) atoms. The number of carbonyl (C=O) groups excluding carboxylic acids is 2. The second kappa shape index (κ2) is 13.7. The highest BCUT2D eigenvalue weighted by atomic mass is 32.2. The van der Waals surface area contributed by atoms with Gasteiger partial charge in [-0.05, 0) is 37.0 Å². The normalized spacial score (nSPS) is 19.9. The van der Waals surface area contributed by atoms with Crippen molar-refractivity contribution in [2.75, 3.05) is 45.1 Å². The Balaban J connectivity index is 1.43. The Labute approximate surface area is 236 Å². The number of nitrogens with zero attached hydrogens (tertiary/aromatic N) is 2. The van der Waals surface area contributed by atoms with E-state index in [0.717, 1.165) is 0 Å². The number of sulfonamides is 1. The maximum atomic E-state index is 13.5. The molecule has 0 aliphatic carbocycles. The second-order valence-corrected chi connectivity index (χ2v) is 14.3. The maximum absolute atomic E-state index is 13.5. The number of sulfone groups is 1. The molecule has 1 N–H and O–H groups in total. The predicted molar refractivity (Wildman–Crippen MR) is 150 cm³/mol. The maximum Gasteiger partial charge on any atom is 0.243 e. The number of amides is 2. The second-order valence-electron chi connectivity index (χ2n) is 10.3. The first-order valence-electron chi connectivity index (χ1n) is 13.6. The zero-order chi connectivity index (χ0) is 28.6. The molecule has 0 aromatic heterocycles. The SMILES string of the molecule is O=C(NC1CCCN(S(=O)(=O)c2ccccc2)CC1)C(CC(=O)N1CCOCC1)CS(=O)(=O)Cc1ccccc1. The summed E-state index contributed by atoms with van der Waals surface area (Å²) in [5, 5.41) is 2.95. The lowest BCUT2D eigenvalue weighted by molar-refractivity contribution is -0.139. The lowest BCUT2D eigenvalue weighted by Crippen LogP contribution is -2.46. The van der Waals surface area contributed by atoms with Crippen LogP contribution in [0.1, 0.15) is 31.2 Å². The van der Waals surface area contributed by atoms with Gasteiger partial charge in [0.1, 0.15) is 0 Å². The fraction of sp³-hybridized carbons (Fsp3) is 0.500. The Bertz CT molecular complexity index is 1350. The molecule has 4 rings (SSSR count). The molecule has 12 heteroatoms. The fourth-order valence-electron chi connectivity index (χ4n) is 5.09. The van der Waals surface area contributed by atoms with Gasteiger partial charge in [0.2, 0.25) is 21.8 Å². The van der Waals surface area contributed by atoms with E-state index in [1.54, 1.807) is 65.6 Å². The molecule has 0 spiro atoms. The van der Waals surface area contributed by atoms with Crippen LogP contribution >= 0.6 is 0 Å². The number of rotatable bonds is 10. The summed E-state index contributed by atoms with van der Waals surface area (Å²) in [7, 11) is -7.36. The summed E-state index contributed by atoms with van der Waals surface area (Å²) in [6, 6.07) is 16.6. The van der Waals surface area contributed by atoms with E-state index in [2.05, 4.69) is 5.32 Å². The molecular formula is C28H37N3O7S2. The van der Waals surface area contributed by atoms with E-state index < -0.39 is 37.4 Å². The smallest absolute Gasteiger partial charge is 0.243 e. The van der Waals surface area contributed by atoms with Gasteiger partial charge in [-0.2, -0.15) is 4.31 Å². The molecule has 2 heterocycles. The zero-order valence-electron chi connectivity index (χ0n) is 22.5. The van der Waals surface area contributed by atoms with Gasteiger partial charge in [0.05, 0.1) is 35.5 Å². The number of carbonyl (C=O) groups is 2. The molecule has 2 aromatic carbocycles. The number of hydrogen-bond donors (Lipinski definition) is 1. The van der Waals surface area contributed by atoms with Crippen LogP contribution in [0.3, 0.4) is 0 Å². The van der Waals surface area contributed by atoms with Gasteiger partial charge in [-0.25, -0.2) is 16.8 Å². The minimum atomic E-state index is -3.71. The first-order valence-corrected chi connectivity index (χ1v) is 16.9. The molecule has 2 unspecified atom stereocenters. The predicted octanol–water partition coefficient (Wildman–Crippen LogP) is 1.83. The number of morpholine rings is 1. The van der Waals surface area contributed by atoms with Crippen molar-refractivity contribution in [3.63, 3.8) is 0 Å². The van der Waals surface area contributed by atoms with Crippen molar-refractivity contribution >= 4 is 31.7 Å². The number of ether oxygens (including phenoxy) is 1. The average Bonchev–Trinajstić information content (AvgIpc) is 3.20. The van der Waals surface area contributed by atoms with Crippen LogP contribution in [0.25, 0.3) is 0 Å². The molecule has 2 aromatic rings. The topological polar surface area (TPSA) is 130 Å². The third-order valence-corrected chi connectivity index (χ3v) is 10.9. The van der Waals surface area contributed by atoms with E-state index in [-0.39, 0.29) is 35.6 Å². The number of hydrogen-bond acceptors (Lipinski definition) is 7. The Morgan fingerprint density at radius 2 is 1.52 bits per heavy atom. The van der Waals surface area contributed by atoms with Gasteiger partial charge in [0.25, 0.3) is 0 Å². The molecular weight excluding hydrogens is 554 g/mol. The monoisotopic (exact) mass is 591 g/mol. The average molecular weight is 592 g/mol. The molecule has 0 saturated carbocycles. The Morgan fingerprint density at radius 3 is 2.20 bits per heavy atom. The number of benzene rings is 2. The molecule has 218 valence electrons. The standard InChI is InChI=1S/C28H37N3O7S2/c32-27(30-16-18-38-19-17-30)20-24(22-39(34,35)21-23-8-3-1-4-9-23)28(33)29-25-10-7-14-31(15-13-25)40(36,37)26-11-5-2-6-12-26/h1-6,8-9,11-12,24-25H,7,10,13-22H2,(H,29,33). The van der Waals surface area contributed by atoms with E-state index in [1.165, 1.54) is 4.31 Å². The fourth-order valence-corrected chi connectivity index (χ4v) is 8.30. The third kappa shape index (κ3) is 8.35. The molecule has 10 nitrogen and oxygen atoms in total. The van der Waals surface area contributed by atoms with Gasteiger partial charge in [-0.15, -0.1) is 0 Å². The van der Waals surface area contributed by atoms with Crippen molar-refractivity contribution in [1.82, 2.24) is 14.5 Å². The van der Waals surface area contributed by atoms with Gasteiger partial charge in [0, 0.05) is 38.6 Å². The summed E-state index contributed by atoms with van der Waals surface area (Å²) < 4.78 is 59.1.